The average Bonchev–Trinajstić information content (AvgIpc) is 3.70. The lowest BCUT2D eigenvalue weighted by Gasteiger charge is -2.36. The quantitative estimate of drug-likeness (QED) is 0.447. The number of hydrogen-bond donors (Lipinski definition) is 2. The minimum absolute atomic E-state index is 0.0999. The lowest BCUT2D eigenvalue weighted by Crippen LogP contribution is -2.46. The number of benzene rings is 2. The van der Waals surface area contributed by atoms with Crippen LogP contribution < -0.4 is 15.9 Å². The van der Waals surface area contributed by atoms with Crippen molar-refractivity contribution in [2.24, 2.45) is 0 Å². The molecule has 1 aliphatic heterocycles. The first-order chi connectivity index (χ1) is 17.4. The number of carbonyl (C=O) groups is 1. The number of rotatable bonds is 5. The van der Waals surface area contributed by atoms with Crippen molar-refractivity contribution in [2.75, 3.05) is 31.1 Å². The lowest BCUT2D eigenvalue weighted by molar-refractivity contribution is 0.0695. The molecule has 2 aliphatic rings. The fourth-order valence-corrected chi connectivity index (χ4v) is 5.20. The molecule has 1 saturated heterocycles. The van der Waals surface area contributed by atoms with Crippen LogP contribution in [0.1, 0.15) is 34.8 Å². The minimum Gasteiger partial charge on any atom is -0.477 e. The predicted molar refractivity (Wildman–Crippen MR) is 135 cm³/mol. The summed E-state index contributed by atoms with van der Waals surface area (Å²) in [7, 11) is 0. The number of nitrogens with zero attached hydrogens (tertiary/aromatic N) is 3. The van der Waals surface area contributed by atoms with Crippen LogP contribution >= 0.6 is 0 Å². The van der Waals surface area contributed by atoms with E-state index in [1.165, 1.54) is 12.3 Å². The van der Waals surface area contributed by atoms with Gasteiger partial charge in [0.1, 0.15) is 11.4 Å². The van der Waals surface area contributed by atoms with Crippen LogP contribution in [0.4, 0.5) is 10.1 Å². The standard InChI is InChI=1S/C27H25FN4O4/c28-21-12-19-23(32(17-5-6-17)15-20(26(19)34)27(35)36)13-24(21)31-9-7-30(8-10-31)14-16-11-25(33)29-22-4-2-1-3-18(16)22/h1-4,11-13,15,17H,5-10,14H2,(H,29,33)(H,35,36). The van der Waals surface area contributed by atoms with Crippen molar-refractivity contribution in [1.29, 1.82) is 0 Å². The van der Waals surface area contributed by atoms with E-state index in [0.717, 1.165) is 29.3 Å². The Morgan fingerprint density at radius 2 is 1.78 bits per heavy atom. The molecule has 6 rings (SSSR count). The monoisotopic (exact) mass is 488 g/mol. The Hall–Kier alpha value is -3.98. The van der Waals surface area contributed by atoms with Crippen molar-refractivity contribution < 1.29 is 14.3 Å². The molecule has 2 aromatic carbocycles. The van der Waals surface area contributed by atoms with Crippen molar-refractivity contribution in [2.45, 2.75) is 25.4 Å². The molecule has 2 fully saturated rings. The van der Waals surface area contributed by atoms with E-state index in [2.05, 4.69) is 9.88 Å². The topological polar surface area (TPSA) is 98.6 Å². The third kappa shape index (κ3) is 3.95. The number of pyridine rings is 2. The van der Waals surface area contributed by atoms with Crippen LogP contribution in [0.3, 0.4) is 0 Å². The number of piperazine rings is 1. The van der Waals surface area contributed by atoms with Gasteiger partial charge in [-0.3, -0.25) is 14.5 Å². The smallest absolute Gasteiger partial charge is 0.341 e. The van der Waals surface area contributed by atoms with Crippen LogP contribution in [0.25, 0.3) is 21.8 Å². The Kier molecular flexibility index (Phi) is 5.37. The maximum Gasteiger partial charge on any atom is 0.341 e. The van der Waals surface area contributed by atoms with E-state index < -0.39 is 17.2 Å². The number of aromatic carboxylic acids is 1. The zero-order valence-corrected chi connectivity index (χ0v) is 19.5. The fourth-order valence-electron chi connectivity index (χ4n) is 5.20. The van der Waals surface area contributed by atoms with Gasteiger partial charge in [0.25, 0.3) is 0 Å². The number of aromatic nitrogens is 2. The molecule has 3 heterocycles. The Labute approximate surface area is 205 Å². The molecule has 1 aliphatic carbocycles. The van der Waals surface area contributed by atoms with Gasteiger partial charge in [0.05, 0.1) is 11.2 Å². The van der Waals surface area contributed by atoms with Crippen LogP contribution in [-0.2, 0) is 6.54 Å². The van der Waals surface area contributed by atoms with Gasteiger partial charge in [-0.05, 0) is 36.6 Å². The maximum atomic E-state index is 15.2. The first-order valence-electron chi connectivity index (χ1n) is 12.1. The molecule has 2 aromatic heterocycles. The van der Waals surface area contributed by atoms with Crippen molar-refractivity contribution in [1.82, 2.24) is 14.5 Å². The van der Waals surface area contributed by atoms with Crippen LogP contribution in [0.15, 0.2) is 58.3 Å². The number of halogens is 1. The van der Waals surface area contributed by atoms with Gasteiger partial charge in [0.15, 0.2) is 0 Å². The lowest BCUT2D eigenvalue weighted by atomic mass is 10.1. The third-order valence-electron chi connectivity index (χ3n) is 7.21. The summed E-state index contributed by atoms with van der Waals surface area (Å²) in [6.45, 7) is 3.17. The third-order valence-corrected chi connectivity index (χ3v) is 7.21. The zero-order valence-electron chi connectivity index (χ0n) is 19.5. The normalized spacial score (nSPS) is 16.6. The Balaban J connectivity index is 1.27. The highest BCUT2D eigenvalue weighted by Gasteiger charge is 2.28. The Morgan fingerprint density at radius 1 is 1.03 bits per heavy atom. The molecule has 0 spiro atoms. The van der Waals surface area contributed by atoms with E-state index in [-0.39, 0.29) is 22.6 Å². The molecule has 36 heavy (non-hydrogen) atoms. The molecule has 0 amide bonds. The van der Waals surface area contributed by atoms with Gasteiger partial charge in [0, 0.05) is 67.3 Å². The number of carboxylic acids is 1. The highest BCUT2D eigenvalue weighted by Crippen LogP contribution is 2.38. The van der Waals surface area contributed by atoms with E-state index in [0.29, 0.717) is 43.9 Å². The second-order valence-corrected chi connectivity index (χ2v) is 9.60. The summed E-state index contributed by atoms with van der Waals surface area (Å²) in [5.41, 5.74) is 1.64. The molecule has 2 N–H and O–H groups in total. The SMILES string of the molecule is O=C(O)c1cn(C2CC2)c2cc(N3CCN(Cc4cc(=O)[nH]c5ccccc45)CC3)c(F)cc2c1=O. The Bertz CT molecular complexity index is 1630. The van der Waals surface area contributed by atoms with Crippen molar-refractivity contribution in [3.8, 4) is 0 Å². The summed E-state index contributed by atoms with van der Waals surface area (Å²) in [5, 5.41) is 10.6. The number of nitrogens with one attached hydrogen (secondary N) is 1. The van der Waals surface area contributed by atoms with Gasteiger partial charge >= 0.3 is 5.97 Å². The van der Waals surface area contributed by atoms with Crippen molar-refractivity contribution in [3.05, 3.63) is 86.2 Å². The molecule has 9 heteroatoms. The highest BCUT2D eigenvalue weighted by molar-refractivity contribution is 5.93. The highest BCUT2D eigenvalue weighted by atomic mass is 19.1. The van der Waals surface area contributed by atoms with Crippen molar-refractivity contribution in [3.63, 3.8) is 0 Å². The molecule has 0 unspecified atom stereocenters. The van der Waals surface area contributed by atoms with Crippen LogP contribution in [0.2, 0.25) is 0 Å². The molecular weight excluding hydrogens is 463 g/mol. The first-order valence-corrected chi connectivity index (χ1v) is 12.1. The van der Waals surface area contributed by atoms with Gasteiger partial charge in [0.2, 0.25) is 11.0 Å². The molecule has 0 bridgehead atoms. The second-order valence-electron chi connectivity index (χ2n) is 9.60. The van der Waals surface area contributed by atoms with E-state index in [1.54, 1.807) is 12.1 Å². The average molecular weight is 489 g/mol. The maximum absolute atomic E-state index is 15.2. The van der Waals surface area contributed by atoms with E-state index in [9.17, 15) is 19.5 Å². The minimum atomic E-state index is -1.30. The van der Waals surface area contributed by atoms with Crippen LogP contribution in [0, 0.1) is 5.82 Å². The molecule has 184 valence electrons. The fraction of sp³-hybridized carbons (Fsp3) is 0.296. The second kappa shape index (κ2) is 8.60. The molecule has 0 radical (unpaired) electrons. The summed E-state index contributed by atoms with van der Waals surface area (Å²) >= 11 is 0. The predicted octanol–water partition coefficient (Wildman–Crippen LogP) is 3.34. The van der Waals surface area contributed by atoms with E-state index in [4.69, 9.17) is 0 Å². The summed E-state index contributed by atoms with van der Waals surface area (Å²) in [6, 6.07) is 12.4. The molecule has 4 aromatic rings. The van der Waals surface area contributed by atoms with Gasteiger partial charge in [-0.2, -0.15) is 0 Å². The number of fused-ring (bicyclic) bond motifs is 2. The zero-order chi connectivity index (χ0) is 25.0. The Morgan fingerprint density at radius 3 is 2.50 bits per heavy atom. The number of H-pyrrole nitrogens is 1. The molecule has 8 nitrogen and oxygen atoms in total. The first kappa shape index (κ1) is 22.5. The van der Waals surface area contributed by atoms with E-state index in [1.807, 2.05) is 33.7 Å². The van der Waals surface area contributed by atoms with Gasteiger partial charge in [-0.15, -0.1) is 0 Å². The van der Waals surface area contributed by atoms with Crippen LogP contribution in [-0.4, -0.2) is 51.7 Å². The summed E-state index contributed by atoms with van der Waals surface area (Å²) in [5.74, 6) is -1.83. The largest absolute Gasteiger partial charge is 0.477 e. The summed E-state index contributed by atoms with van der Waals surface area (Å²) in [4.78, 5) is 43.5. The number of hydrogen-bond acceptors (Lipinski definition) is 5. The van der Waals surface area contributed by atoms with Gasteiger partial charge in [-0.1, -0.05) is 18.2 Å². The number of aromatic amines is 1. The number of anilines is 1. The van der Waals surface area contributed by atoms with Crippen molar-refractivity contribution >= 4 is 33.5 Å². The van der Waals surface area contributed by atoms with Gasteiger partial charge < -0.3 is 19.6 Å². The number of carboxylic acid groups (broad SMARTS) is 1. The number of para-hydroxylation sites is 1. The molecule has 1 saturated carbocycles. The van der Waals surface area contributed by atoms with E-state index >= 15 is 4.39 Å². The molecule has 0 atom stereocenters. The summed E-state index contributed by atoms with van der Waals surface area (Å²) < 4.78 is 17.1. The molecular formula is C27H25FN4O4. The van der Waals surface area contributed by atoms with Gasteiger partial charge in [-0.25, -0.2) is 9.18 Å². The summed E-state index contributed by atoms with van der Waals surface area (Å²) in [6.07, 6.45) is 3.20. The van der Waals surface area contributed by atoms with Crippen LogP contribution in [0.5, 0.6) is 0 Å².